The van der Waals surface area contributed by atoms with Crippen molar-refractivity contribution < 1.29 is 23.9 Å². The van der Waals surface area contributed by atoms with Gasteiger partial charge in [0.15, 0.2) is 6.10 Å². The molecule has 2 aromatic carbocycles. The van der Waals surface area contributed by atoms with Gasteiger partial charge in [0.25, 0.3) is 5.91 Å². The largest absolute Gasteiger partial charge is 0.497 e. The average Bonchev–Trinajstić information content (AvgIpc) is 3.31. The number of hydrogen-bond donors (Lipinski definition) is 2. The summed E-state index contributed by atoms with van der Waals surface area (Å²) in [6, 6.07) is 15.6. The monoisotopic (exact) mass is 496 g/mol. The van der Waals surface area contributed by atoms with Gasteiger partial charge in [0.05, 0.1) is 24.6 Å². The van der Waals surface area contributed by atoms with Gasteiger partial charge >= 0.3 is 5.97 Å². The second-order valence-electron chi connectivity index (χ2n) is 7.86. The zero-order valence-corrected chi connectivity index (χ0v) is 20.8. The highest BCUT2D eigenvalue weighted by Crippen LogP contribution is 2.25. The van der Waals surface area contributed by atoms with Gasteiger partial charge in [0.1, 0.15) is 11.6 Å². The van der Waals surface area contributed by atoms with Crippen molar-refractivity contribution in [2.24, 2.45) is 0 Å². The summed E-state index contributed by atoms with van der Waals surface area (Å²) in [4.78, 5) is 38.4. The van der Waals surface area contributed by atoms with Crippen LogP contribution in [0.1, 0.15) is 37.2 Å². The number of nitrogens with zero attached hydrogens (tertiary/aromatic N) is 2. The lowest BCUT2D eigenvalue weighted by Crippen LogP contribution is -2.31. The first-order chi connectivity index (χ1) is 16.8. The molecule has 0 saturated heterocycles. The molecule has 1 atom stereocenters. The van der Waals surface area contributed by atoms with Crippen LogP contribution in [0.2, 0.25) is 0 Å². The Kier molecular flexibility index (Phi) is 8.91. The topological polar surface area (TPSA) is 112 Å². The summed E-state index contributed by atoms with van der Waals surface area (Å²) < 4.78 is 12.2. The number of methoxy groups -OCH3 is 1. The number of rotatable bonds is 10. The maximum atomic E-state index is 12.8. The SMILES string of the molecule is COc1cccc(NC(=O)CSc2ccccc2C(=O)OC(C)C(=O)Nc2ccnn2C(C)C)c1. The molecule has 184 valence electrons. The molecule has 1 heterocycles. The molecule has 2 N–H and O–H groups in total. The second-order valence-corrected chi connectivity index (χ2v) is 8.87. The Morgan fingerprint density at radius 1 is 1.03 bits per heavy atom. The number of carbonyl (C=O) groups excluding carboxylic acids is 3. The van der Waals surface area contributed by atoms with Gasteiger partial charge < -0.3 is 20.1 Å². The average molecular weight is 497 g/mol. The number of aromatic nitrogens is 2. The van der Waals surface area contributed by atoms with Crippen molar-refractivity contribution in [1.82, 2.24) is 9.78 Å². The van der Waals surface area contributed by atoms with Gasteiger partial charge in [-0.05, 0) is 45.0 Å². The molecule has 1 aromatic heterocycles. The van der Waals surface area contributed by atoms with Crippen molar-refractivity contribution in [3.63, 3.8) is 0 Å². The van der Waals surface area contributed by atoms with Crippen molar-refractivity contribution in [3.8, 4) is 5.75 Å². The number of thioether (sulfide) groups is 1. The minimum atomic E-state index is -1.03. The van der Waals surface area contributed by atoms with Crippen molar-refractivity contribution in [1.29, 1.82) is 0 Å². The van der Waals surface area contributed by atoms with E-state index in [1.54, 1.807) is 72.6 Å². The molecule has 3 aromatic rings. The van der Waals surface area contributed by atoms with Gasteiger partial charge in [-0.25, -0.2) is 9.48 Å². The van der Waals surface area contributed by atoms with Crippen LogP contribution in [0.3, 0.4) is 0 Å². The Morgan fingerprint density at radius 3 is 2.54 bits per heavy atom. The maximum absolute atomic E-state index is 12.8. The molecule has 2 amide bonds. The van der Waals surface area contributed by atoms with E-state index in [0.29, 0.717) is 22.2 Å². The van der Waals surface area contributed by atoms with E-state index in [1.807, 2.05) is 13.8 Å². The van der Waals surface area contributed by atoms with Gasteiger partial charge in [-0.3, -0.25) is 9.59 Å². The number of amides is 2. The van der Waals surface area contributed by atoms with Crippen molar-refractivity contribution in [2.75, 3.05) is 23.5 Å². The normalized spacial score (nSPS) is 11.6. The van der Waals surface area contributed by atoms with Crippen molar-refractivity contribution in [2.45, 2.75) is 37.8 Å². The molecule has 0 radical (unpaired) electrons. The van der Waals surface area contributed by atoms with Crippen LogP contribution in [0.15, 0.2) is 65.7 Å². The fourth-order valence-electron chi connectivity index (χ4n) is 3.13. The van der Waals surface area contributed by atoms with Crippen LogP contribution >= 0.6 is 11.8 Å². The number of benzene rings is 2. The fourth-order valence-corrected chi connectivity index (χ4v) is 3.97. The summed E-state index contributed by atoms with van der Waals surface area (Å²) in [5.41, 5.74) is 0.889. The fraction of sp³-hybridized carbons (Fsp3) is 0.280. The molecule has 0 bridgehead atoms. The van der Waals surface area contributed by atoms with Crippen LogP contribution in [0, 0.1) is 0 Å². The molecule has 1 unspecified atom stereocenters. The number of anilines is 2. The van der Waals surface area contributed by atoms with E-state index in [2.05, 4.69) is 15.7 Å². The third kappa shape index (κ3) is 7.10. The summed E-state index contributed by atoms with van der Waals surface area (Å²) >= 11 is 1.20. The van der Waals surface area contributed by atoms with E-state index in [0.717, 1.165) is 0 Å². The third-order valence-electron chi connectivity index (χ3n) is 4.88. The van der Waals surface area contributed by atoms with Crippen LogP contribution < -0.4 is 15.4 Å². The van der Waals surface area contributed by atoms with Crippen LogP contribution in [0.25, 0.3) is 0 Å². The Labute approximate surface area is 208 Å². The molecule has 0 aliphatic rings. The van der Waals surface area contributed by atoms with Crippen LogP contribution in [0.4, 0.5) is 11.5 Å². The molecule has 0 fully saturated rings. The number of esters is 1. The lowest BCUT2D eigenvalue weighted by Gasteiger charge is -2.16. The first kappa shape index (κ1) is 25.8. The molecule has 0 aliphatic carbocycles. The maximum Gasteiger partial charge on any atom is 0.340 e. The van der Waals surface area contributed by atoms with Gasteiger partial charge in [-0.1, -0.05) is 18.2 Å². The lowest BCUT2D eigenvalue weighted by molar-refractivity contribution is -0.123. The van der Waals surface area contributed by atoms with Crippen molar-refractivity contribution >= 4 is 41.1 Å². The summed E-state index contributed by atoms with van der Waals surface area (Å²) in [7, 11) is 1.55. The highest BCUT2D eigenvalue weighted by Gasteiger charge is 2.22. The standard InChI is InChI=1S/C25H28N4O5S/c1-16(2)29-22(12-13-26-29)28-24(31)17(3)34-25(32)20-10-5-6-11-21(20)35-15-23(30)27-18-8-7-9-19(14-18)33-4/h5-14,16-17H,15H2,1-4H3,(H,27,30)(H,28,31). The molecule has 10 heteroatoms. The van der Waals surface area contributed by atoms with Gasteiger partial charge in [-0.15, -0.1) is 11.8 Å². The van der Waals surface area contributed by atoms with E-state index in [1.165, 1.54) is 18.7 Å². The molecule has 3 rings (SSSR count). The quantitative estimate of drug-likeness (QED) is 0.316. The number of carbonyl (C=O) groups is 3. The van der Waals surface area contributed by atoms with E-state index in [-0.39, 0.29) is 23.3 Å². The van der Waals surface area contributed by atoms with Crippen LogP contribution in [0.5, 0.6) is 5.75 Å². The lowest BCUT2D eigenvalue weighted by atomic mass is 10.2. The summed E-state index contributed by atoms with van der Waals surface area (Å²) in [6.45, 7) is 5.38. The number of nitrogens with one attached hydrogen (secondary N) is 2. The molecule has 0 spiro atoms. The molecule has 0 saturated carbocycles. The molecule has 9 nitrogen and oxygen atoms in total. The second kappa shape index (κ2) is 12.1. The van der Waals surface area contributed by atoms with Gasteiger partial charge in [0, 0.05) is 28.8 Å². The third-order valence-corrected chi connectivity index (χ3v) is 5.96. The van der Waals surface area contributed by atoms with Crippen LogP contribution in [-0.2, 0) is 14.3 Å². The number of hydrogen-bond acceptors (Lipinski definition) is 7. The van der Waals surface area contributed by atoms with E-state index < -0.39 is 18.0 Å². The molecular weight excluding hydrogens is 468 g/mol. The predicted molar refractivity (Wildman–Crippen MR) is 135 cm³/mol. The molecule has 35 heavy (non-hydrogen) atoms. The highest BCUT2D eigenvalue weighted by atomic mass is 32.2. The van der Waals surface area contributed by atoms with Gasteiger partial charge in [-0.2, -0.15) is 5.10 Å². The Balaban J connectivity index is 1.59. The highest BCUT2D eigenvalue weighted by molar-refractivity contribution is 8.00. The minimum Gasteiger partial charge on any atom is -0.497 e. The predicted octanol–water partition coefficient (Wildman–Crippen LogP) is 4.39. The Morgan fingerprint density at radius 2 is 1.80 bits per heavy atom. The zero-order chi connectivity index (χ0) is 25.4. The smallest absolute Gasteiger partial charge is 0.340 e. The molecular formula is C25H28N4O5S. The summed E-state index contributed by atoms with van der Waals surface area (Å²) in [6.07, 6.45) is 0.553. The van der Waals surface area contributed by atoms with Crippen molar-refractivity contribution in [3.05, 3.63) is 66.4 Å². The van der Waals surface area contributed by atoms with Crippen LogP contribution in [-0.4, -0.2) is 46.5 Å². The first-order valence-corrected chi connectivity index (χ1v) is 12.0. The minimum absolute atomic E-state index is 0.0585. The van der Waals surface area contributed by atoms with E-state index in [4.69, 9.17) is 9.47 Å². The Bertz CT molecular complexity index is 1190. The van der Waals surface area contributed by atoms with Gasteiger partial charge in [0.2, 0.25) is 5.91 Å². The Hall–Kier alpha value is -3.79. The first-order valence-electron chi connectivity index (χ1n) is 11.0. The number of ether oxygens (including phenoxy) is 2. The summed E-state index contributed by atoms with van der Waals surface area (Å²) in [5, 5.41) is 9.70. The zero-order valence-electron chi connectivity index (χ0n) is 20.0. The molecule has 0 aliphatic heterocycles. The summed E-state index contributed by atoms with van der Waals surface area (Å²) in [5.74, 6) is -0.122. The van der Waals surface area contributed by atoms with E-state index in [9.17, 15) is 14.4 Å². The van der Waals surface area contributed by atoms with E-state index >= 15 is 0 Å².